The molecule has 9 aromatic carbocycles. The maximum absolute atomic E-state index is 5.61. The van der Waals surface area contributed by atoms with Crippen LogP contribution in [0.4, 0.5) is 0 Å². The molecule has 0 atom stereocenters. The average Bonchev–Trinajstić information content (AvgIpc) is 0.754. The van der Waals surface area contributed by atoms with Crippen molar-refractivity contribution in [3.8, 4) is 56.8 Å². The van der Waals surface area contributed by atoms with Crippen molar-refractivity contribution in [2.45, 2.75) is 38.5 Å². The van der Waals surface area contributed by atoms with E-state index in [-0.39, 0.29) is 0 Å². The van der Waals surface area contributed by atoms with Crippen LogP contribution in [0.15, 0.2) is 316 Å². The van der Waals surface area contributed by atoms with Gasteiger partial charge in [-0.15, -0.1) is 0 Å². The van der Waals surface area contributed by atoms with Gasteiger partial charge in [-0.05, 0) is 179 Å². The van der Waals surface area contributed by atoms with Crippen molar-refractivity contribution in [2.75, 3.05) is 42.7 Å². The second-order valence-corrected chi connectivity index (χ2v) is 31.6. The minimum absolute atomic E-state index is 0.766. The normalized spacial score (nSPS) is 11.4. The Hall–Kier alpha value is -10.8. The Morgan fingerprint density at radius 1 is 0.194 bits per heavy atom. The second kappa shape index (κ2) is 30.5. The molecule has 4 aromatic heterocycles. The molecular formula is C86H82N4O6P2+6. The maximum atomic E-state index is 5.61. The number of rotatable bonds is 26. The summed E-state index contributed by atoms with van der Waals surface area (Å²) in [6, 6.07) is 96.6. The van der Waals surface area contributed by atoms with E-state index in [4.69, 9.17) is 28.4 Å². The molecule has 4 heterocycles. The molecule has 0 N–H and O–H groups in total. The SMILES string of the molecule is COc1ccc([P+](Cc2ccc(C[n+]3ccc(-c4cc[n+](Cc5ccc(C[n+]6ccc(-c7cc[n+](Cc8ccc(C[P+](c9ccc(OC)cc9)(c9ccc(OC)cc9)c9ccc(OC)cc9)cc8)cc7)cc6)cc5)cc4)cc3)cc2)(c2ccc(OC)cc2)c2ccc(OC)cc2)cc1. The summed E-state index contributed by atoms with van der Waals surface area (Å²) in [6.45, 7) is 3.11. The Morgan fingerprint density at radius 3 is 0.500 bits per heavy atom. The van der Waals surface area contributed by atoms with E-state index in [9.17, 15) is 0 Å². The fourth-order valence-corrected chi connectivity index (χ4v) is 21.5. The number of ether oxygens (including phenoxy) is 6. The lowest BCUT2D eigenvalue weighted by Crippen LogP contribution is -2.34. The molecule has 0 amide bonds. The highest BCUT2D eigenvalue weighted by atomic mass is 31.2. The number of hydrogen-bond acceptors (Lipinski definition) is 6. The molecule has 0 saturated carbocycles. The molecule has 13 aromatic rings. The van der Waals surface area contributed by atoms with Gasteiger partial charge in [-0.3, -0.25) is 0 Å². The van der Waals surface area contributed by atoms with E-state index in [0.717, 1.165) is 73.0 Å². The molecule has 0 radical (unpaired) electrons. The predicted octanol–water partition coefficient (Wildman–Crippen LogP) is 13.4. The molecule has 0 aliphatic heterocycles. The first-order valence-electron chi connectivity index (χ1n) is 33.0. The highest BCUT2D eigenvalue weighted by molar-refractivity contribution is 7.95. The smallest absolute Gasteiger partial charge is 0.173 e. The van der Waals surface area contributed by atoms with Gasteiger partial charge in [0.25, 0.3) is 0 Å². The molecule has 0 bridgehead atoms. The summed E-state index contributed by atoms with van der Waals surface area (Å²) in [5, 5.41) is 7.65. The van der Waals surface area contributed by atoms with Crippen LogP contribution in [-0.2, 0) is 38.5 Å². The third-order valence-corrected chi connectivity index (χ3v) is 27.4. The van der Waals surface area contributed by atoms with E-state index in [0.29, 0.717) is 0 Å². The van der Waals surface area contributed by atoms with Gasteiger partial charge in [0.15, 0.2) is 75.8 Å². The molecule has 13 rings (SSSR count). The molecule has 0 aliphatic carbocycles. The molecule has 0 saturated heterocycles. The number of pyridine rings is 4. The lowest BCUT2D eigenvalue weighted by molar-refractivity contribution is -0.689. The van der Waals surface area contributed by atoms with Crippen molar-refractivity contribution in [1.82, 2.24) is 0 Å². The average molecular weight is 1330 g/mol. The van der Waals surface area contributed by atoms with E-state index in [1.165, 1.54) is 87.5 Å². The van der Waals surface area contributed by atoms with Crippen LogP contribution in [0.3, 0.4) is 0 Å². The fourth-order valence-electron chi connectivity index (χ4n) is 13.1. The zero-order valence-electron chi connectivity index (χ0n) is 56.4. The van der Waals surface area contributed by atoms with Gasteiger partial charge in [0.1, 0.15) is 80.8 Å². The number of methoxy groups -OCH3 is 6. The fraction of sp³-hybridized carbons (Fsp3) is 0.140. The zero-order valence-corrected chi connectivity index (χ0v) is 58.2. The van der Waals surface area contributed by atoms with Crippen LogP contribution in [0.2, 0.25) is 0 Å². The summed E-state index contributed by atoms with van der Waals surface area (Å²) in [7, 11) is 5.83. The van der Waals surface area contributed by atoms with E-state index in [2.05, 4.69) is 335 Å². The van der Waals surface area contributed by atoms with Crippen LogP contribution in [0.5, 0.6) is 34.5 Å². The first kappa shape index (κ1) is 65.9. The minimum atomic E-state index is -2.23. The van der Waals surface area contributed by atoms with Crippen molar-refractivity contribution in [2.24, 2.45) is 0 Å². The van der Waals surface area contributed by atoms with Gasteiger partial charge >= 0.3 is 0 Å². The summed E-state index contributed by atoms with van der Waals surface area (Å²) in [4.78, 5) is 0. The van der Waals surface area contributed by atoms with Gasteiger partial charge in [0.05, 0.1) is 55.0 Å². The Bertz CT molecular complexity index is 4160. The molecule has 12 heteroatoms. The van der Waals surface area contributed by atoms with Crippen molar-refractivity contribution >= 4 is 46.4 Å². The number of aromatic nitrogens is 4. The van der Waals surface area contributed by atoms with Crippen LogP contribution in [0.25, 0.3) is 22.3 Å². The minimum Gasteiger partial charge on any atom is -0.497 e. The Balaban J connectivity index is 0.605. The number of nitrogens with zero attached hydrogens (tertiary/aromatic N) is 4. The van der Waals surface area contributed by atoms with Crippen molar-refractivity contribution in [1.29, 1.82) is 0 Å². The maximum Gasteiger partial charge on any atom is 0.173 e. The second-order valence-electron chi connectivity index (χ2n) is 24.6. The van der Waals surface area contributed by atoms with Crippen molar-refractivity contribution in [3.63, 3.8) is 0 Å². The highest BCUT2D eigenvalue weighted by Crippen LogP contribution is 2.60. The topological polar surface area (TPSA) is 70.9 Å². The molecule has 98 heavy (non-hydrogen) atoms. The summed E-state index contributed by atoms with van der Waals surface area (Å²) < 4.78 is 42.7. The Kier molecular flexibility index (Phi) is 20.5. The quantitative estimate of drug-likeness (QED) is 0.0397. The largest absolute Gasteiger partial charge is 0.497 e. The molecule has 0 aliphatic rings. The number of benzene rings is 9. The molecule has 0 spiro atoms. The highest BCUT2D eigenvalue weighted by Gasteiger charge is 2.47. The summed E-state index contributed by atoms with van der Waals surface area (Å²) in [5.41, 5.74) is 12.3. The Morgan fingerprint density at radius 2 is 0.347 bits per heavy atom. The van der Waals surface area contributed by atoms with Gasteiger partial charge in [0.2, 0.25) is 0 Å². The molecule has 0 fully saturated rings. The first-order chi connectivity index (χ1) is 48.1. The standard InChI is InChI=1S/C86H82N4O6P2/c1-91-75-19-31-81(32-20-75)97(82-33-21-76(92-2)22-34-82,83-35-23-77(93-3)24-36-83)63-69-15-11-67(12-16-69)61-89-55-47-73(48-56-89)71-43-51-87(52-44-71)59-65-7-9-66(10-8-65)60-88-53-45-72(46-54-88)74-49-57-90(58-50-74)62-68-13-17-70(18-14-68)64-98(84-37-25-78(94-4)26-38-84,85-39-27-79(95-5)28-40-85)86-41-29-80(96-6)30-42-86/h7-58H,59-64H2,1-6H3/q+6. The third-order valence-electron chi connectivity index (χ3n) is 18.7. The van der Waals surface area contributed by atoms with Crippen LogP contribution in [0, 0.1) is 0 Å². The van der Waals surface area contributed by atoms with Crippen molar-refractivity contribution in [3.05, 3.63) is 350 Å². The van der Waals surface area contributed by atoms with Crippen LogP contribution >= 0.6 is 14.5 Å². The van der Waals surface area contributed by atoms with Gasteiger partial charge in [-0.2, -0.15) is 0 Å². The van der Waals surface area contributed by atoms with E-state index >= 15 is 0 Å². The zero-order chi connectivity index (χ0) is 67.3. The first-order valence-corrected chi connectivity index (χ1v) is 36.9. The summed E-state index contributed by atoms with van der Waals surface area (Å²) >= 11 is 0. The van der Waals surface area contributed by atoms with Gasteiger partial charge in [0, 0.05) is 70.8 Å². The Labute approximate surface area is 577 Å². The van der Waals surface area contributed by atoms with E-state index in [1.54, 1.807) is 42.7 Å². The molecular weight excluding hydrogens is 1250 g/mol. The van der Waals surface area contributed by atoms with E-state index in [1.807, 2.05) is 0 Å². The third kappa shape index (κ3) is 14.9. The molecule has 486 valence electrons. The van der Waals surface area contributed by atoms with Gasteiger partial charge in [-0.1, -0.05) is 72.8 Å². The summed E-state index contributed by atoms with van der Waals surface area (Å²) in [5.74, 6) is 5.01. The van der Waals surface area contributed by atoms with Crippen LogP contribution in [-0.4, -0.2) is 42.7 Å². The monoisotopic (exact) mass is 1330 g/mol. The lowest BCUT2D eigenvalue weighted by Gasteiger charge is -2.28. The van der Waals surface area contributed by atoms with Crippen LogP contribution < -0.4 is 78.5 Å². The molecule has 0 unspecified atom stereocenters. The number of hydrogen-bond donors (Lipinski definition) is 0. The lowest BCUT2D eigenvalue weighted by atomic mass is 10.1. The van der Waals surface area contributed by atoms with Gasteiger partial charge < -0.3 is 28.4 Å². The predicted molar refractivity (Wildman–Crippen MR) is 397 cm³/mol. The van der Waals surface area contributed by atoms with Crippen LogP contribution in [0.1, 0.15) is 33.4 Å². The van der Waals surface area contributed by atoms with Gasteiger partial charge in [-0.25, -0.2) is 18.3 Å². The molecule has 10 nitrogen and oxygen atoms in total. The van der Waals surface area contributed by atoms with E-state index < -0.39 is 14.5 Å². The van der Waals surface area contributed by atoms with Crippen molar-refractivity contribution < 1.29 is 46.7 Å². The summed E-state index contributed by atoms with van der Waals surface area (Å²) in [6.07, 6.45) is 19.1.